The number of hydrogen-bond donors (Lipinski definition) is 2. The van der Waals surface area contributed by atoms with Crippen molar-refractivity contribution in [2.24, 2.45) is 5.92 Å². The summed E-state index contributed by atoms with van der Waals surface area (Å²) < 4.78 is 15.5. The van der Waals surface area contributed by atoms with Crippen LogP contribution in [0.4, 0.5) is 0 Å². The molecule has 1 atom stereocenters. The maximum atomic E-state index is 12.0. The number of benzene rings is 1. The molecule has 2 aromatic rings. The van der Waals surface area contributed by atoms with Crippen LogP contribution in [0.1, 0.15) is 33.6 Å². The summed E-state index contributed by atoms with van der Waals surface area (Å²) in [6.45, 7) is 2.43. The van der Waals surface area contributed by atoms with Gasteiger partial charge < -0.3 is 24.3 Å². The van der Waals surface area contributed by atoms with Crippen LogP contribution in [-0.2, 0) is 6.42 Å². The number of rotatable bonds is 8. The highest BCUT2D eigenvalue weighted by molar-refractivity contribution is 5.93. The summed E-state index contributed by atoms with van der Waals surface area (Å²) in [6, 6.07) is 8.30. The van der Waals surface area contributed by atoms with Crippen LogP contribution < -0.4 is 14.8 Å². The number of methoxy groups -OCH3 is 2. The molecule has 1 heterocycles. The van der Waals surface area contributed by atoms with Crippen LogP contribution in [0.25, 0.3) is 0 Å². The number of nitrogens with one attached hydrogen (secondary N) is 1. The smallest absolute Gasteiger partial charge is 0.371 e. The summed E-state index contributed by atoms with van der Waals surface area (Å²) in [5.74, 6) is -0.435. The van der Waals surface area contributed by atoms with Crippen molar-refractivity contribution < 1.29 is 28.6 Å². The van der Waals surface area contributed by atoms with Gasteiger partial charge in [-0.15, -0.1) is 0 Å². The summed E-state index contributed by atoms with van der Waals surface area (Å²) in [4.78, 5) is 22.7. The first-order chi connectivity index (χ1) is 11.9. The summed E-state index contributed by atoms with van der Waals surface area (Å²) in [6.07, 6.45) is 0.735. The van der Waals surface area contributed by atoms with Crippen molar-refractivity contribution in [2.75, 3.05) is 20.8 Å². The minimum absolute atomic E-state index is 0.0179. The third-order valence-corrected chi connectivity index (χ3v) is 3.68. The number of carbonyl (C=O) groups excluding carboxylic acids is 1. The highest BCUT2D eigenvalue weighted by Gasteiger charge is 2.16. The first-order valence-corrected chi connectivity index (χ1v) is 7.76. The molecule has 0 saturated carbocycles. The van der Waals surface area contributed by atoms with E-state index in [1.54, 1.807) is 14.2 Å². The number of aromatic carboxylic acids is 1. The molecule has 1 aromatic heterocycles. The van der Waals surface area contributed by atoms with Crippen LogP contribution in [0.15, 0.2) is 34.7 Å². The zero-order valence-electron chi connectivity index (χ0n) is 14.4. The summed E-state index contributed by atoms with van der Waals surface area (Å²) in [5, 5.41) is 11.5. The molecule has 1 unspecified atom stereocenters. The van der Waals surface area contributed by atoms with Gasteiger partial charge in [0.1, 0.15) is 0 Å². The largest absolute Gasteiger partial charge is 0.493 e. The van der Waals surface area contributed by atoms with E-state index in [-0.39, 0.29) is 17.4 Å². The van der Waals surface area contributed by atoms with E-state index in [9.17, 15) is 9.59 Å². The highest BCUT2D eigenvalue weighted by atomic mass is 16.5. The van der Waals surface area contributed by atoms with E-state index in [2.05, 4.69) is 5.32 Å². The average Bonchev–Trinajstić information content (AvgIpc) is 3.10. The van der Waals surface area contributed by atoms with Crippen molar-refractivity contribution in [3.8, 4) is 11.5 Å². The van der Waals surface area contributed by atoms with Gasteiger partial charge in [-0.1, -0.05) is 13.0 Å². The summed E-state index contributed by atoms with van der Waals surface area (Å²) >= 11 is 0. The van der Waals surface area contributed by atoms with E-state index in [1.807, 2.05) is 25.1 Å². The second-order valence-electron chi connectivity index (χ2n) is 5.68. The number of carboxylic acids is 1. The van der Waals surface area contributed by atoms with Crippen molar-refractivity contribution in [1.82, 2.24) is 5.32 Å². The number of furan rings is 1. The summed E-state index contributed by atoms with van der Waals surface area (Å²) in [7, 11) is 3.17. The highest BCUT2D eigenvalue weighted by Crippen LogP contribution is 2.28. The molecule has 7 heteroatoms. The van der Waals surface area contributed by atoms with Crippen LogP contribution in [0, 0.1) is 5.92 Å². The van der Waals surface area contributed by atoms with Crippen molar-refractivity contribution in [1.29, 1.82) is 0 Å². The van der Waals surface area contributed by atoms with E-state index in [0.717, 1.165) is 12.0 Å². The van der Waals surface area contributed by atoms with Crippen molar-refractivity contribution in [3.05, 3.63) is 47.4 Å². The average molecular weight is 347 g/mol. The summed E-state index contributed by atoms with van der Waals surface area (Å²) in [5.41, 5.74) is 1.06. The van der Waals surface area contributed by atoms with Gasteiger partial charge in [0.25, 0.3) is 5.91 Å². The number of carbonyl (C=O) groups is 2. The van der Waals surface area contributed by atoms with E-state index < -0.39 is 11.9 Å². The lowest BCUT2D eigenvalue weighted by Crippen LogP contribution is -2.28. The van der Waals surface area contributed by atoms with Crippen molar-refractivity contribution >= 4 is 11.9 Å². The predicted octanol–water partition coefficient (Wildman–Crippen LogP) is 2.60. The monoisotopic (exact) mass is 347 g/mol. The Labute approximate surface area is 145 Å². The van der Waals surface area contributed by atoms with E-state index >= 15 is 0 Å². The minimum Gasteiger partial charge on any atom is -0.493 e. The number of hydrogen-bond acceptors (Lipinski definition) is 5. The standard InChI is InChI=1S/C18H21NO6/c1-11(8-12-4-5-13(23-2)16(9-12)24-3)10-19-17(20)14-6-7-15(25-14)18(21)22/h4-7,9,11H,8,10H2,1-3H3,(H,19,20)(H,21,22). The van der Waals surface area contributed by atoms with Crippen molar-refractivity contribution in [3.63, 3.8) is 0 Å². The molecule has 1 aromatic carbocycles. The first kappa shape index (κ1) is 18.4. The topological polar surface area (TPSA) is 98.0 Å². The van der Waals surface area contributed by atoms with Gasteiger partial charge in [-0.2, -0.15) is 0 Å². The van der Waals surface area contributed by atoms with Gasteiger partial charge in [0.15, 0.2) is 17.3 Å². The molecular formula is C18H21NO6. The third-order valence-electron chi connectivity index (χ3n) is 3.68. The molecule has 0 aliphatic heterocycles. The number of amides is 1. The fourth-order valence-corrected chi connectivity index (χ4v) is 2.41. The van der Waals surface area contributed by atoms with Crippen LogP contribution >= 0.6 is 0 Å². The predicted molar refractivity (Wildman–Crippen MR) is 90.4 cm³/mol. The van der Waals surface area contributed by atoms with Gasteiger partial charge in [0, 0.05) is 6.54 Å². The number of ether oxygens (including phenoxy) is 2. The molecule has 0 saturated heterocycles. The molecule has 25 heavy (non-hydrogen) atoms. The lowest BCUT2D eigenvalue weighted by molar-refractivity contribution is 0.0659. The zero-order chi connectivity index (χ0) is 18.4. The minimum atomic E-state index is -1.21. The lowest BCUT2D eigenvalue weighted by Gasteiger charge is -2.14. The van der Waals surface area contributed by atoms with Crippen LogP contribution in [-0.4, -0.2) is 37.7 Å². The van der Waals surface area contributed by atoms with Gasteiger partial charge in [0.2, 0.25) is 5.76 Å². The Bertz CT molecular complexity index is 752. The van der Waals surface area contributed by atoms with Gasteiger partial charge >= 0.3 is 5.97 Å². The lowest BCUT2D eigenvalue weighted by atomic mass is 10.0. The van der Waals surface area contributed by atoms with E-state index in [4.69, 9.17) is 19.0 Å². The Morgan fingerprint density at radius 3 is 2.40 bits per heavy atom. The zero-order valence-corrected chi connectivity index (χ0v) is 14.4. The molecule has 7 nitrogen and oxygen atoms in total. The van der Waals surface area contributed by atoms with Crippen LogP contribution in [0.2, 0.25) is 0 Å². The SMILES string of the molecule is COc1ccc(CC(C)CNC(=O)c2ccc(C(=O)O)o2)cc1OC. The maximum absolute atomic E-state index is 12.0. The van der Waals surface area contributed by atoms with Gasteiger partial charge in [-0.05, 0) is 42.2 Å². The fraction of sp³-hybridized carbons (Fsp3) is 0.333. The Hall–Kier alpha value is -2.96. The number of carboxylic acid groups (broad SMARTS) is 1. The molecule has 0 aliphatic rings. The molecule has 2 N–H and O–H groups in total. The normalized spacial score (nSPS) is 11.6. The Kier molecular flexibility index (Phi) is 6.05. The van der Waals surface area contributed by atoms with Gasteiger partial charge in [-0.25, -0.2) is 4.79 Å². The molecule has 0 fully saturated rings. The first-order valence-electron chi connectivity index (χ1n) is 7.76. The van der Waals surface area contributed by atoms with Crippen LogP contribution in [0.5, 0.6) is 11.5 Å². The second-order valence-corrected chi connectivity index (χ2v) is 5.68. The fourth-order valence-electron chi connectivity index (χ4n) is 2.41. The van der Waals surface area contributed by atoms with Gasteiger partial charge in [-0.3, -0.25) is 4.79 Å². The molecular weight excluding hydrogens is 326 g/mol. The van der Waals surface area contributed by atoms with E-state index in [0.29, 0.717) is 18.0 Å². The molecule has 0 radical (unpaired) electrons. The Morgan fingerprint density at radius 2 is 1.80 bits per heavy atom. The van der Waals surface area contributed by atoms with Gasteiger partial charge in [0.05, 0.1) is 14.2 Å². The second kappa shape index (κ2) is 8.23. The molecule has 0 bridgehead atoms. The molecule has 0 aliphatic carbocycles. The third kappa shape index (κ3) is 4.76. The molecule has 1 amide bonds. The quantitative estimate of drug-likeness (QED) is 0.762. The molecule has 0 spiro atoms. The molecule has 134 valence electrons. The van der Waals surface area contributed by atoms with Crippen molar-refractivity contribution in [2.45, 2.75) is 13.3 Å². The molecule has 2 rings (SSSR count). The van der Waals surface area contributed by atoms with Crippen LogP contribution in [0.3, 0.4) is 0 Å². The Morgan fingerprint density at radius 1 is 1.12 bits per heavy atom. The maximum Gasteiger partial charge on any atom is 0.371 e. The Balaban J connectivity index is 1.90. The van der Waals surface area contributed by atoms with E-state index in [1.165, 1.54) is 12.1 Å².